The SMILES string of the molecule is CCOC(=O)NC(C(=O)OC)C(C)C(F)(F)C(F)(F)C(F)(F)F. The van der Waals surface area contributed by atoms with Crippen LogP contribution in [-0.4, -0.2) is 49.8 Å². The minimum Gasteiger partial charge on any atom is -0.467 e. The molecule has 0 aliphatic heterocycles. The molecule has 0 aromatic heterocycles. The molecule has 12 heteroatoms. The molecule has 0 aromatic carbocycles. The van der Waals surface area contributed by atoms with Gasteiger partial charge in [0.15, 0.2) is 0 Å². The average molecular weight is 357 g/mol. The van der Waals surface area contributed by atoms with E-state index in [1.165, 1.54) is 12.2 Å². The summed E-state index contributed by atoms with van der Waals surface area (Å²) in [6.45, 7) is 1.29. The molecule has 0 bridgehead atoms. The van der Waals surface area contributed by atoms with Crippen molar-refractivity contribution in [3.05, 3.63) is 0 Å². The van der Waals surface area contributed by atoms with Gasteiger partial charge >= 0.3 is 30.1 Å². The molecule has 23 heavy (non-hydrogen) atoms. The molecule has 0 spiro atoms. The van der Waals surface area contributed by atoms with Crippen molar-refractivity contribution in [3.8, 4) is 0 Å². The van der Waals surface area contributed by atoms with Gasteiger partial charge in [-0.15, -0.1) is 0 Å². The molecular formula is C11H14F7NO4. The van der Waals surface area contributed by atoms with Crippen LogP contribution in [0.25, 0.3) is 0 Å². The van der Waals surface area contributed by atoms with Crippen LogP contribution in [0.3, 0.4) is 0 Å². The van der Waals surface area contributed by atoms with E-state index in [0.717, 1.165) is 0 Å². The number of methoxy groups -OCH3 is 1. The van der Waals surface area contributed by atoms with Crippen LogP contribution in [0.15, 0.2) is 0 Å². The molecular weight excluding hydrogens is 343 g/mol. The molecule has 0 aliphatic carbocycles. The average Bonchev–Trinajstić information content (AvgIpc) is 2.42. The summed E-state index contributed by atoms with van der Waals surface area (Å²) in [7, 11) is 0.676. The first-order valence-corrected chi connectivity index (χ1v) is 6.07. The third-order valence-electron chi connectivity index (χ3n) is 2.85. The van der Waals surface area contributed by atoms with Crippen molar-refractivity contribution < 1.29 is 49.8 Å². The van der Waals surface area contributed by atoms with E-state index in [1.807, 2.05) is 0 Å². The van der Waals surface area contributed by atoms with Gasteiger partial charge in [-0.25, -0.2) is 9.59 Å². The van der Waals surface area contributed by atoms with Crippen LogP contribution in [0, 0.1) is 5.92 Å². The molecule has 0 saturated heterocycles. The second kappa shape index (κ2) is 7.21. The predicted octanol–water partition coefficient (Wildman–Crippen LogP) is 2.74. The summed E-state index contributed by atoms with van der Waals surface area (Å²) in [5.74, 6) is -16.7. The van der Waals surface area contributed by atoms with Gasteiger partial charge in [0.25, 0.3) is 0 Å². The van der Waals surface area contributed by atoms with Gasteiger partial charge < -0.3 is 14.8 Å². The van der Waals surface area contributed by atoms with Gasteiger partial charge in [-0.2, -0.15) is 30.7 Å². The number of esters is 1. The van der Waals surface area contributed by atoms with Gasteiger partial charge in [0.05, 0.1) is 19.6 Å². The third-order valence-corrected chi connectivity index (χ3v) is 2.85. The first-order chi connectivity index (χ1) is 10.2. The van der Waals surface area contributed by atoms with Crippen molar-refractivity contribution in [3.63, 3.8) is 0 Å². The Bertz CT molecular complexity index is 439. The van der Waals surface area contributed by atoms with Gasteiger partial charge in [-0.3, -0.25) is 0 Å². The molecule has 0 aromatic rings. The normalized spacial score (nSPS) is 15.6. The van der Waals surface area contributed by atoms with Crippen molar-refractivity contribution in [2.75, 3.05) is 13.7 Å². The highest BCUT2D eigenvalue weighted by atomic mass is 19.4. The molecule has 1 N–H and O–H groups in total. The number of carbonyl (C=O) groups is 2. The largest absolute Gasteiger partial charge is 0.467 e. The molecule has 0 heterocycles. The highest BCUT2D eigenvalue weighted by Gasteiger charge is 2.75. The number of alkyl halides is 7. The molecule has 0 fully saturated rings. The van der Waals surface area contributed by atoms with Crippen molar-refractivity contribution in [2.24, 2.45) is 5.92 Å². The second-order valence-corrected chi connectivity index (χ2v) is 4.35. The number of amides is 1. The molecule has 0 aliphatic rings. The lowest BCUT2D eigenvalue weighted by Gasteiger charge is -2.35. The lowest BCUT2D eigenvalue weighted by Crippen LogP contribution is -2.61. The molecule has 1 amide bonds. The zero-order valence-electron chi connectivity index (χ0n) is 12.1. The van der Waals surface area contributed by atoms with Gasteiger partial charge in [0.1, 0.15) is 6.04 Å². The van der Waals surface area contributed by atoms with Crippen LogP contribution in [0.5, 0.6) is 0 Å². The fourth-order valence-electron chi connectivity index (χ4n) is 1.50. The number of halogens is 7. The lowest BCUT2D eigenvalue weighted by atomic mass is 9.90. The fraction of sp³-hybridized carbons (Fsp3) is 0.818. The van der Waals surface area contributed by atoms with E-state index < -0.39 is 42.0 Å². The van der Waals surface area contributed by atoms with Crippen molar-refractivity contribution >= 4 is 12.1 Å². The number of hydrogen-bond donors (Lipinski definition) is 1. The third kappa shape index (κ3) is 4.38. The summed E-state index contributed by atoms with van der Waals surface area (Å²) in [6.07, 6.45) is -8.02. The molecule has 2 unspecified atom stereocenters. The summed E-state index contributed by atoms with van der Waals surface area (Å²) >= 11 is 0. The molecule has 0 radical (unpaired) electrons. The zero-order valence-corrected chi connectivity index (χ0v) is 12.1. The Morgan fingerprint density at radius 3 is 1.91 bits per heavy atom. The van der Waals surface area contributed by atoms with E-state index in [2.05, 4.69) is 9.47 Å². The first-order valence-electron chi connectivity index (χ1n) is 6.07. The van der Waals surface area contributed by atoms with Crippen LogP contribution in [0.4, 0.5) is 35.5 Å². The van der Waals surface area contributed by atoms with Crippen molar-refractivity contribution in [2.45, 2.75) is 37.9 Å². The van der Waals surface area contributed by atoms with Crippen LogP contribution in [0.1, 0.15) is 13.8 Å². The zero-order chi connectivity index (χ0) is 18.6. The Morgan fingerprint density at radius 2 is 1.57 bits per heavy atom. The summed E-state index contributed by atoms with van der Waals surface area (Å²) in [4.78, 5) is 22.5. The van der Waals surface area contributed by atoms with E-state index >= 15 is 0 Å². The standard InChI is InChI=1S/C11H14F7NO4/c1-4-23-8(21)19-6(7(20)22-3)5(2)9(12,13)10(14,15)11(16,17)18/h5-6H,4H2,1-3H3,(H,19,21). The Balaban J connectivity index is 5.63. The highest BCUT2D eigenvalue weighted by Crippen LogP contribution is 2.50. The lowest BCUT2D eigenvalue weighted by molar-refractivity contribution is -0.365. The Morgan fingerprint density at radius 1 is 1.09 bits per heavy atom. The van der Waals surface area contributed by atoms with Crippen LogP contribution >= 0.6 is 0 Å². The number of ether oxygens (including phenoxy) is 2. The number of hydrogen-bond acceptors (Lipinski definition) is 4. The highest BCUT2D eigenvalue weighted by molar-refractivity contribution is 5.81. The number of nitrogens with one attached hydrogen (secondary N) is 1. The quantitative estimate of drug-likeness (QED) is 0.587. The fourth-order valence-corrected chi connectivity index (χ4v) is 1.50. The van der Waals surface area contributed by atoms with Crippen molar-refractivity contribution in [1.82, 2.24) is 5.32 Å². The van der Waals surface area contributed by atoms with Gasteiger partial charge in [0.2, 0.25) is 0 Å². The summed E-state index contributed by atoms with van der Waals surface area (Å²) in [6, 6.07) is -2.48. The Labute approximate surface area is 126 Å². The van der Waals surface area contributed by atoms with E-state index in [9.17, 15) is 40.3 Å². The topological polar surface area (TPSA) is 64.6 Å². The van der Waals surface area contributed by atoms with Gasteiger partial charge in [-0.05, 0) is 6.92 Å². The van der Waals surface area contributed by atoms with Gasteiger partial charge in [0, 0.05) is 0 Å². The maximum absolute atomic E-state index is 13.6. The maximum atomic E-state index is 13.6. The monoisotopic (exact) mass is 357 g/mol. The molecule has 136 valence electrons. The Kier molecular flexibility index (Phi) is 6.67. The predicted molar refractivity (Wildman–Crippen MR) is 61.1 cm³/mol. The van der Waals surface area contributed by atoms with Crippen molar-refractivity contribution in [1.29, 1.82) is 0 Å². The summed E-state index contributed by atoms with van der Waals surface area (Å²) in [5.41, 5.74) is 0. The smallest absolute Gasteiger partial charge is 0.459 e. The first kappa shape index (κ1) is 21.2. The maximum Gasteiger partial charge on any atom is 0.459 e. The molecule has 0 rings (SSSR count). The minimum atomic E-state index is -6.56. The van der Waals surface area contributed by atoms with Crippen LogP contribution in [-0.2, 0) is 14.3 Å². The minimum absolute atomic E-state index is 0.244. The number of carbonyl (C=O) groups excluding carboxylic acids is 2. The van der Waals surface area contributed by atoms with Crippen LogP contribution in [0.2, 0.25) is 0 Å². The van der Waals surface area contributed by atoms with E-state index in [4.69, 9.17) is 0 Å². The van der Waals surface area contributed by atoms with Crippen LogP contribution < -0.4 is 5.32 Å². The van der Waals surface area contributed by atoms with E-state index in [-0.39, 0.29) is 13.5 Å². The van der Waals surface area contributed by atoms with Gasteiger partial charge in [-0.1, -0.05) is 6.92 Å². The summed E-state index contributed by atoms with van der Waals surface area (Å²) < 4.78 is 98.0. The molecule has 2 atom stereocenters. The number of rotatable bonds is 6. The second-order valence-electron chi connectivity index (χ2n) is 4.35. The molecule has 0 saturated carbocycles. The molecule has 5 nitrogen and oxygen atoms in total. The Hall–Kier alpha value is -1.75. The summed E-state index contributed by atoms with van der Waals surface area (Å²) in [5, 5.41) is 1.48. The van der Waals surface area contributed by atoms with E-state index in [1.54, 1.807) is 0 Å². The number of alkyl carbamates (subject to hydrolysis) is 1. The van der Waals surface area contributed by atoms with E-state index in [0.29, 0.717) is 7.11 Å².